The molecule has 2 saturated carbocycles. The van der Waals surface area contributed by atoms with E-state index in [1.165, 1.54) is 32.1 Å². The third-order valence-corrected chi connectivity index (χ3v) is 7.99. The molecule has 2 fully saturated rings. The number of hydrogen-bond donors (Lipinski definition) is 3. The number of aliphatic hydroxyl groups is 1. The summed E-state index contributed by atoms with van der Waals surface area (Å²) in [7, 11) is 0. The third kappa shape index (κ3) is 3.87. The van der Waals surface area contributed by atoms with Gasteiger partial charge in [-0.2, -0.15) is 0 Å². The van der Waals surface area contributed by atoms with Crippen molar-refractivity contribution in [2.24, 2.45) is 34.6 Å². The number of amidine groups is 1. The number of hydrogen-bond acceptors (Lipinski definition) is 5. The summed E-state index contributed by atoms with van der Waals surface area (Å²) in [5.41, 5.74) is 1.65. The second-order valence-electron chi connectivity index (χ2n) is 9.71. The normalized spacial score (nSPS) is 43.0. The highest BCUT2D eigenvalue weighted by Crippen LogP contribution is 2.49. The van der Waals surface area contributed by atoms with Crippen LogP contribution in [0.5, 0.6) is 0 Å². The van der Waals surface area contributed by atoms with E-state index < -0.39 is 0 Å². The van der Waals surface area contributed by atoms with Crippen molar-refractivity contribution in [1.82, 2.24) is 10.6 Å². The van der Waals surface area contributed by atoms with Crippen molar-refractivity contribution in [2.75, 3.05) is 6.61 Å². The predicted molar refractivity (Wildman–Crippen MR) is 120 cm³/mol. The van der Waals surface area contributed by atoms with Gasteiger partial charge in [-0.1, -0.05) is 55.2 Å². The molecule has 0 spiro atoms. The van der Waals surface area contributed by atoms with Crippen LogP contribution in [0.3, 0.4) is 0 Å². The zero-order chi connectivity index (χ0) is 20.5. The minimum absolute atomic E-state index is 0.0161. The number of allylic oxidation sites excluding steroid dienone is 6. The van der Waals surface area contributed by atoms with E-state index in [-0.39, 0.29) is 24.4 Å². The van der Waals surface area contributed by atoms with Crippen molar-refractivity contribution in [3.05, 3.63) is 36.0 Å². The van der Waals surface area contributed by atoms with Crippen LogP contribution in [0, 0.1) is 29.6 Å². The Hall–Kier alpha value is -1.59. The summed E-state index contributed by atoms with van der Waals surface area (Å²) >= 11 is 0. The topological polar surface area (TPSA) is 65.9 Å². The molecule has 0 aromatic rings. The molecule has 30 heavy (non-hydrogen) atoms. The molecule has 5 heteroatoms. The Labute approximate surface area is 180 Å². The highest BCUT2D eigenvalue weighted by atomic mass is 16.5. The van der Waals surface area contributed by atoms with Gasteiger partial charge in [-0.3, -0.25) is 5.32 Å². The zero-order valence-corrected chi connectivity index (χ0v) is 18.2. The van der Waals surface area contributed by atoms with Crippen molar-refractivity contribution >= 4 is 6.02 Å². The molecule has 8 atom stereocenters. The van der Waals surface area contributed by atoms with Crippen molar-refractivity contribution in [2.45, 2.75) is 76.7 Å². The maximum Gasteiger partial charge on any atom is 0.287 e. The van der Waals surface area contributed by atoms with Crippen LogP contribution < -0.4 is 10.6 Å². The monoisotopic (exact) mass is 411 g/mol. The lowest BCUT2D eigenvalue weighted by molar-refractivity contribution is 0.0290. The third-order valence-electron chi connectivity index (χ3n) is 7.99. The van der Waals surface area contributed by atoms with Crippen LogP contribution in [0.4, 0.5) is 0 Å². The Morgan fingerprint density at radius 3 is 2.80 bits per heavy atom. The van der Waals surface area contributed by atoms with Crippen LogP contribution in [0.2, 0.25) is 0 Å². The molecule has 0 radical (unpaired) electrons. The van der Waals surface area contributed by atoms with Crippen LogP contribution in [0.1, 0.15) is 58.3 Å². The lowest BCUT2D eigenvalue weighted by Crippen LogP contribution is -2.63. The average molecular weight is 412 g/mol. The van der Waals surface area contributed by atoms with E-state index in [4.69, 9.17) is 9.73 Å². The molecule has 1 aliphatic heterocycles. The largest absolute Gasteiger partial charge is 0.466 e. The van der Waals surface area contributed by atoms with Gasteiger partial charge in [0.05, 0.1) is 18.9 Å². The lowest BCUT2D eigenvalue weighted by atomic mass is 9.61. The highest BCUT2D eigenvalue weighted by molar-refractivity contribution is 5.74. The molecule has 164 valence electrons. The lowest BCUT2D eigenvalue weighted by Gasteiger charge is -2.49. The average Bonchev–Trinajstić information content (AvgIpc) is 2.77. The fourth-order valence-corrected chi connectivity index (χ4v) is 6.58. The van der Waals surface area contributed by atoms with Crippen molar-refractivity contribution in [3.8, 4) is 0 Å². The number of nitrogens with zero attached hydrogens (tertiary/aromatic N) is 1. The summed E-state index contributed by atoms with van der Waals surface area (Å²) in [6, 6.07) is 0.655. The molecule has 3 N–H and O–H groups in total. The second-order valence-corrected chi connectivity index (χ2v) is 9.71. The van der Waals surface area contributed by atoms with Crippen molar-refractivity contribution in [1.29, 1.82) is 0 Å². The maximum absolute atomic E-state index is 10.7. The molecule has 4 aliphatic carbocycles. The summed E-state index contributed by atoms with van der Waals surface area (Å²) in [6.45, 7) is 2.62. The van der Waals surface area contributed by atoms with Crippen molar-refractivity contribution < 1.29 is 9.84 Å². The first-order valence-corrected chi connectivity index (χ1v) is 12.2. The van der Waals surface area contributed by atoms with E-state index in [0.29, 0.717) is 36.3 Å². The van der Waals surface area contributed by atoms with Gasteiger partial charge < -0.3 is 15.2 Å². The first-order valence-electron chi connectivity index (χ1n) is 12.2. The van der Waals surface area contributed by atoms with E-state index in [9.17, 15) is 5.11 Å². The molecule has 8 unspecified atom stereocenters. The zero-order valence-electron chi connectivity index (χ0n) is 18.2. The smallest absolute Gasteiger partial charge is 0.287 e. The molecule has 1 heterocycles. The van der Waals surface area contributed by atoms with Gasteiger partial charge in [-0.15, -0.1) is 0 Å². The molecule has 0 aromatic carbocycles. The Bertz CT molecular complexity index is 743. The van der Waals surface area contributed by atoms with Gasteiger partial charge in [0.15, 0.2) is 0 Å². The molecular formula is C25H37N3O2. The van der Waals surface area contributed by atoms with Crippen LogP contribution in [0.15, 0.2) is 40.9 Å². The summed E-state index contributed by atoms with van der Waals surface area (Å²) in [4.78, 5) is 5.05. The van der Waals surface area contributed by atoms with Gasteiger partial charge in [0.2, 0.25) is 0 Å². The quantitative estimate of drug-likeness (QED) is 0.617. The van der Waals surface area contributed by atoms with Gasteiger partial charge in [0.25, 0.3) is 6.02 Å². The maximum atomic E-state index is 10.7. The Morgan fingerprint density at radius 2 is 1.93 bits per heavy atom. The second kappa shape index (κ2) is 8.88. The molecule has 5 nitrogen and oxygen atoms in total. The fraction of sp³-hybridized carbons (Fsp3) is 0.720. The number of rotatable bonds is 3. The number of aliphatic hydroxyl groups excluding tert-OH is 1. The fourth-order valence-electron chi connectivity index (χ4n) is 6.58. The molecule has 0 bridgehead atoms. The first-order chi connectivity index (χ1) is 14.7. The van der Waals surface area contributed by atoms with Crippen LogP contribution in [-0.4, -0.2) is 36.2 Å². The van der Waals surface area contributed by atoms with E-state index >= 15 is 0 Å². The minimum Gasteiger partial charge on any atom is -0.466 e. The number of ether oxygens (including phenoxy) is 1. The van der Waals surface area contributed by atoms with Crippen LogP contribution >= 0.6 is 0 Å². The Morgan fingerprint density at radius 1 is 1.10 bits per heavy atom. The van der Waals surface area contributed by atoms with Gasteiger partial charge in [0.1, 0.15) is 6.17 Å². The van der Waals surface area contributed by atoms with E-state index in [1.54, 1.807) is 5.57 Å². The van der Waals surface area contributed by atoms with E-state index in [2.05, 4.69) is 41.0 Å². The number of aliphatic imine (C=N–C) groups is 1. The summed E-state index contributed by atoms with van der Waals surface area (Å²) in [6.07, 6.45) is 20.9. The Balaban J connectivity index is 1.46. The SMILES string of the molecule is CCOC1=NC(C2C3CCCCC3=CC3C=CC=CC32)NC(C2CCCCC2O)N1. The number of fused-ring (bicyclic) bond motifs is 2. The van der Waals surface area contributed by atoms with Gasteiger partial charge >= 0.3 is 0 Å². The first kappa shape index (κ1) is 20.3. The molecule has 0 aromatic heterocycles. The van der Waals surface area contributed by atoms with Gasteiger partial charge in [-0.05, 0) is 50.9 Å². The van der Waals surface area contributed by atoms with Crippen molar-refractivity contribution in [3.63, 3.8) is 0 Å². The van der Waals surface area contributed by atoms with Gasteiger partial charge in [-0.25, -0.2) is 4.99 Å². The summed E-state index contributed by atoms with van der Waals surface area (Å²) in [5.74, 6) is 2.17. The molecule has 5 rings (SSSR count). The van der Waals surface area contributed by atoms with Crippen LogP contribution in [-0.2, 0) is 4.74 Å². The number of nitrogens with one attached hydrogen (secondary N) is 2. The van der Waals surface area contributed by atoms with Gasteiger partial charge in [0, 0.05) is 17.8 Å². The molecule has 0 saturated heterocycles. The summed E-state index contributed by atoms with van der Waals surface area (Å²) < 4.78 is 5.90. The van der Waals surface area contributed by atoms with E-state index in [0.717, 1.165) is 19.3 Å². The molecular weight excluding hydrogens is 374 g/mol. The minimum atomic E-state index is -0.257. The highest BCUT2D eigenvalue weighted by Gasteiger charge is 2.46. The van der Waals surface area contributed by atoms with E-state index in [1.807, 2.05) is 6.92 Å². The summed E-state index contributed by atoms with van der Waals surface area (Å²) in [5, 5.41) is 18.1. The van der Waals surface area contributed by atoms with Crippen LogP contribution in [0.25, 0.3) is 0 Å². The molecule has 5 aliphatic rings. The predicted octanol–water partition coefficient (Wildman–Crippen LogP) is 3.88. The molecule has 0 amide bonds. The Kier molecular flexibility index (Phi) is 6.01. The standard InChI is InChI=1S/C25H37N3O2/c1-2-30-25-27-23(20-13-7-8-14-21(20)29)26-24(28-25)22-18-11-5-3-9-16(18)15-17-10-4-6-12-19(17)22/h3,5,9,11,15-16,18-24,26,29H,2,4,6-8,10,12-14H2,1H3,(H,27,28).